The zero-order chi connectivity index (χ0) is 12.0. The van der Waals surface area contributed by atoms with Crippen LogP contribution in [0.25, 0.3) is 0 Å². The van der Waals surface area contributed by atoms with Crippen LogP contribution in [0, 0.1) is 0 Å². The van der Waals surface area contributed by atoms with Crippen LogP contribution in [0.5, 0.6) is 0 Å². The Morgan fingerprint density at radius 3 is 2.75 bits per heavy atom. The SMILES string of the molecule is CCNCc1sc(CCOC)nc1C(C)C. The first kappa shape index (κ1) is 13.6. The summed E-state index contributed by atoms with van der Waals surface area (Å²) in [5.74, 6) is 0.501. The van der Waals surface area contributed by atoms with Gasteiger partial charge in [0.15, 0.2) is 0 Å². The molecule has 0 aliphatic heterocycles. The summed E-state index contributed by atoms with van der Waals surface area (Å²) in [6, 6.07) is 0. The van der Waals surface area contributed by atoms with Gasteiger partial charge >= 0.3 is 0 Å². The summed E-state index contributed by atoms with van der Waals surface area (Å²) in [4.78, 5) is 6.08. The fourth-order valence-corrected chi connectivity index (χ4v) is 2.70. The minimum absolute atomic E-state index is 0.501. The van der Waals surface area contributed by atoms with Crippen LogP contribution in [0.3, 0.4) is 0 Å². The number of nitrogens with one attached hydrogen (secondary N) is 1. The summed E-state index contributed by atoms with van der Waals surface area (Å²) in [5, 5.41) is 4.56. The van der Waals surface area contributed by atoms with Gasteiger partial charge in [-0.2, -0.15) is 0 Å². The zero-order valence-electron chi connectivity index (χ0n) is 10.7. The van der Waals surface area contributed by atoms with E-state index in [0.29, 0.717) is 5.92 Å². The molecule has 0 saturated heterocycles. The van der Waals surface area contributed by atoms with Crippen molar-refractivity contribution >= 4 is 11.3 Å². The summed E-state index contributed by atoms with van der Waals surface area (Å²) in [6.45, 7) is 9.22. The smallest absolute Gasteiger partial charge is 0.0954 e. The number of ether oxygens (including phenoxy) is 1. The van der Waals surface area contributed by atoms with E-state index in [0.717, 1.165) is 26.1 Å². The molecule has 0 atom stereocenters. The van der Waals surface area contributed by atoms with Gasteiger partial charge in [-0.1, -0.05) is 20.8 Å². The highest BCUT2D eigenvalue weighted by Gasteiger charge is 2.13. The first-order valence-corrected chi connectivity index (χ1v) is 6.68. The van der Waals surface area contributed by atoms with E-state index in [9.17, 15) is 0 Å². The lowest BCUT2D eigenvalue weighted by atomic mass is 10.1. The van der Waals surface area contributed by atoms with Gasteiger partial charge in [0, 0.05) is 25.0 Å². The van der Waals surface area contributed by atoms with Crippen molar-refractivity contribution in [3.8, 4) is 0 Å². The van der Waals surface area contributed by atoms with Crippen LogP contribution in [0.15, 0.2) is 0 Å². The molecule has 0 spiro atoms. The van der Waals surface area contributed by atoms with Crippen LogP contribution < -0.4 is 5.32 Å². The molecule has 1 rings (SSSR count). The molecule has 92 valence electrons. The van der Waals surface area contributed by atoms with Gasteiger partial charge < -0.3 is 10.1 Å². The molecule has 0 amide bonds. The number of nitrogens with zero attached hydrogens (tertiary/aromatic N) is 1. The molecule has 0 unspecified atom stereocenters. The Balaban J connectivity index is 2.74. The second-order valence-electron chi connectivity index (χ2n) is 4.09. The second-order valence-corrected chi connectivity index (χ2v) is 5.26. The molecule has 0 aliphatic carbocycles. The van der Waals surface area contributed by atoms with E-state index >= 15 is 0 Å². The Labute approximate surface area is 102 Å². The zero-order valence-corrected chi connectivity index (χ0v) is 11.5. The summed E-state index contributed by atoms with van der Waals surface area (Å²) in [6.07, 6.45) is 0.924. The molecule has 0 fully saturated rings. The largest absolute Gasteiger partial charge is 0.384 e. The van der Waals surface area contributed by atoms with Gasteiger partial charge in [-0.15, -0.1) is 11.3 Å². The molecule has 1 aromatic rings. The van der Waals surface area contributed by atoms with Gasteiger partial charge in [0.25, 0.3) is 0 Å². The van der Waals surface area contributed by atoms with Gasteiger partial charge in [-0.3, -0.25) is 0 Å². The maximum Gasteiger partial charge on any atom is 0.0954 e. The summed E-state index contributed by atoms with van der Waals surface area (Å²) >= 11 is 1.81. The quantitative estimate of drug-likeness (QED) is 0.798. The average molecular weight is 242 g/mol. The fraction of sp³-hybridized carbons (Fsp3) is 0.750. The maximum atomic E-state index is 5.09. The molecule has 16 heavy (non-hydrogen) atoms. The molecule has 3 nitrogen and oxygen atoms in total. The fourth-order valence-electron chi connectivity index (χ4n) is 1.53. The van der Waals surface area contributed by atoms with Crippen molar-refractivity contribution in [3.63, 3.8) is 0 Å². The van der Waals surface area contributed by atoms with E-state index in [1.807, 2.05) is 11.3 Å². The molecule has 1 heterocycles. The summed E-state index contributed by atoms with van der Waals surface area (Å²) in [7, 11) is 1.73. The number of methoxy groups -OCH3 is 1. The topological polar surface area (TPSA) is 34.1 Å². The Morgan fingerprint density at radius 2 is 2.19 bits per heavy atom. The summed E-state index contributed by atoms with van der Waals surface area (Å²) < 4.78 is 5.09. The number of aromatic nitrogens is 1. The minimum atomic E-state index is 0.501. The highest BCUT2D eigenvalue weighted by Crippen LogP contribution is 2.25. The van der Waals surface area contributed by atoms with Gasteiger partial charge in [0.2, 0.25) is 0 Å². The van der Waals surface area contributed by atoms with E-state index in [1.165, 1.54) is 15.6 Å². The van der Waals surface area contributed by atoms with Crippen molar-refractivity contribution in [1.82, 2.24) is 10.3 Å². The number of hydrogen-bond acceptors (Lipinski definition) is 4. The number of rotatable bonds is 7. The van der Waals surface area contributed by atoms with Gasteiger partial charge in [-0.05, 0) is 12.5 Å². The number of hydrogen-bond donors (Lipinski definition) is 1. The van der Waals surface area contributed by atoms with E-state index in [-0.39, 0.29) is 0 Å². The minimum Gasteiger partial charge on any atom is -0.384 e. The molecule has 0 aromatic carbocycles. The van der Waals surface area contributed by atoms with Crippen molar-refractivity contribution < 1.29 is 4.74 Å². The molecule has 0 radical (unpaired) electrons. The van der Waals surface area contributed by atoms with Crippen molar-refractivity contribution in [1.29, 1.82) is 0 Å². The van der Waals surface area contributed by atoms with Gasteiger partial charge in [-0.25, -0.2) is 4.98 Å². The van der Waals surface area contributed by atoms with Gasteiger partial charge in [0.1, 0.15) is 0 Å². The predicted octanol–water partition coefficient (Wildman–Crippen LogP) is 2.56. The second kappa shape index (κ2) is 6.99. The molecule has 1 aromatic heterocycles. The summed E-state index contributed by atoms with van der Waals surface area (Å²) in [5.41, 5.74) is 1.25. The van der Waals surface area contributed by atoms with Crippen molar-refractivity contribution in [2.75, 3.05) is 20.3 Å². The van der Waals surface area contributed by atoms with Crippen molar-refractivity contribution in [3.05, 3.63) is 15.6 Å². The first-order valence-electron chi connectivity index (χ1n) is 5.87. The Bertz CT molecular complexity index is 310. The third-order valence-electron chi connectivity index (χ3n) is 2.37. The maximum absolute atomic E-state index is 5.09. The lowest BCUT2D eigenvalue weighted by Crippen LogP contribution is -2.12. The van der Waals surface area contributed by atoms with E-state index in [1.54, 1.807) is 7.11 Å². The van der Waals surface area contributed by atoms with Crippen molar-refractivity contribution in [2.24, 2.45) is 0 Å². The van der Waals surface area contributed by atoms with E-state index < -0.39 is 0 Å². The van der Waals surface area contributed by atoms with E-state index in [4.69, 9.17) is 9.72 Å². The highest BCUT2D eigenvalue weighted by atomic mass is 32.1. The lowest BCUT2D eigenvalue weighted by Gasteiger charge is -2.04. The van der Waals surface area contributed by atoms with Crippen LogP contribution in [0.4, 0.5) is 0 Å². The molecular weight excluding hydrogens is 220 g/mol. The molecule has 0 bridgehead atoms. The first-order chi connectivity index (χ1) is 7.69. The molecule has 1 N–H and O–H groups in total. The van der Waals surface area contributed by atoms with E-state index in [2.05, 4.69) is 26.1 Å². The Kier molecular flexibility index (Phi) is 5.95. The predicted molar refractivity (Wildman–Crippen MR) is 69.2 cm³/mol. The number of thiazole rings is 1. The van der Waals surface area contributed by atoms with Gasteiger partial charge in [0.05, 0.1) is 17.3 Å². The lowest BCUT2D eigenvalue weighted by molar-refractivity contribution is 0.202. The Morgan fingerprint density at radius 1 is 1.44 bits per heavy atom. The monoisotopic (exact) mass is 242 g/mol. The third-order valence-corrected chi connectivity index (χ3v) is 3.51. The van der Waals surface area contributed by atoms with Crippen LogP contribution in [0.1, 0.15) is 42.3 Å². The molecule has 0 saturated carbocycles. The van der Waals surface area contributed by atoms with Crippen LogP contribution >= 0.6 is 11.3 Å². The molecule has 4 heteroatoms. The Hall–Kier alpha value is -0.450. The highest BCUT2D eigenvalue weighted by molar-refractivity contribution is 7.11. The normalized spacial score (nSPS) is 11.3. The van der Waals surface area contributed by atoms with Crippen LogP contribution in [-0.4, -0.2) is 25.2 Å². The van der Waals surface area contributed by atoms with Crippen LogP contribution in [0.2, 0.25) is 0 Å². The van der Waals surface area contributed by atoms with Crippen LogP contribution in [-0.2, 0) is 17.7 Å². The average Bonchev–Trinajstić information content (AvgIpc) is 2.67. The standard InChI is InChI=1S/C12H22N2OS/c1-5-13-8-10-12(9(2)3)14-11(16-10)6-7-15-4/h9,13H,5-8H2,1-4H3. The molecule has 0 aliphatic rings. The third kappa shape index (κ3) is 3.85. The molecular formula is C12H22N2OS. The van der Waals surface area contributed by atoms with Crippen molar-refractivity contribution in [2.45, 2.75) is 39.7 Å².